The summed E-state index contributed by atoms with van der Waals surface area (Å²) in [7, 11) is 0. The molecule has 32 heavy (non-hydrogen) atoms. The molecule has 0 aromatic heterocycles. The number of benzene rings is 1. The molecular formula is C24H38IN5O2. The van der Waals surface area contributed by atoms with Gasteiger partial charge in [0.2, 0.25) is 0 Å². The summed E-state index contributed by atoms with van der Waals surface area (Å²) in [4.78, 5) is 24.5. The van der Waals surface area contributed by atoms with Gasteiger partial charge < -0.3 is 19.9 Å². The molecule has 3 aliphatic rings. The largest absolute Gasteiger partial charge is 0.368 e. The Morgan fingerprint density at radius 1 is 1.06 bits per heavy atom. The summed E-state index contributed by atoms with van der Waals surface area (Å²) in [6, 6.07) is 11.2. The van der Waals surface area contributed by atoms with Gasteiger partial charge in [-0.1, -0.05) is 30.3 Å². The third-order valence-corrected chi connectivity index (χ3v) is 6.61. The first-order chi connectivity index (χ1) is 15.2. The Labute approximate surface area is 209 Å². The van der Waals surface area contributed by atoms with Gasteiger partial charge in [-0.05, 0) is 44.7 Å². The summed E-state index contributed by atoms with van der Waals surface area (Å²) in [6.45, 7) is 9.79. The number of carbonyl (C=O) groups excluding carboxylic acids is 1. The molecule has 7 nitrogen and oxygen atoms in total. The smallest absolute Gasteiger partial charge is 0.251 e. The van der Waals surface area contributed by atoms with Gasteiger partial charge in [0.1, 0.15) is 6.10 Å². The topological polar surface area (TPSA) is 60.4 Å². The van der Waals surface area contributed by atoms with Crippen LogP contribution in [0.3, 0.4) is 0 Å². The molecule has 1 aromatic rings. The van der Waals surface area contributed by atoms with Gasteiger partial charge in [-0.2, -0.15) is 0 Å². The molecule has 1 aromatic carbocycles. The molecule has 1 N–H and O–H groups in total. The van der Waals surface area contributed by atoms with Crippen LogP contribution < -0.4 is 5.32 Å². The van der Waals surface area contributed by atoms with Crippen molar-refractivity contribution in [2.75, 3.05) is 52.4 Å². The van der Waals surface area contributed by atoms with Crippen LogP contribution in [0.1, 0.15) is 38.2 Å². The fraction of sp³-hybridized carbons (Fsp3) is 0.667. The number of amides is 1. The zero-order valence-corrected chi connectivity index (χ0v) is 21.6. The highest BCUT2D eigenvalue weighted by molar-refractivity contribution is 14.0. The van der Waals surface area contributed by atoms with Crippen LogP contribution in [0.25, 0.3) is 0 Å². The van der Waals surface area contributed by atoms with E-state index in [1.54, 1.807) is 0 Å². The summed E-state index contributed by atoms with van der Waals surface area (Å²) in [5.41, 5.74) is 1.37. The molecule has 0 aliphatic carbocycles. The third kappa shape index (κ3) is 6.57. The van der Waals surface area contributed by atoms with Crippen molar-refractivity contribution < 1.29 is 9.53 Å². The molecule has 3 fully saturated rings. The van der Waals surface area contributed by atoms with Crippen molar-refractivity contribution in [2.24, 2.45) is 4.99 Å². The fourth-order valence-corrected chi connectivity index (χ4v) is 4.86. The van der Waals surface area contributed by atoms with E-state index in [2.05, 4.69) is 52.4 Å². The minimum atomic E-state index is -0.216. The molecule has 3 aliphatic heterocycles. The Bertz CT molecular complexity index is 733. The Kier molecular flexibility index (Phi) is 10.1. The van der Waals surface area contributed by atoms with Gasteiger partial charge in [-0.25, -0.2) is 0 Å². The predicted molar refractivity (Wildman–Crippen MR) is 138 cm³/mol. The summed E-state index contributed by atoms with van der Waals surface area (Å²) >= 11 is 0. The lowest BCUT2D eigenvalue weighted by Crippen LogP contribution is -2.55. The molecule has 0 spiro atoms. The fourth-order valence-electron chi connectivity index (χ4n) is 4.86. The maximum atomic E-state index is 12.6. The molecule has 0 radical (unpaired) electrons. The van der Waals surface area contributed by atoms with Crippen LogP contribution in [0.2, 0.25) is 0 Å². The number of rotatable bonds is 6. The van der Waals surface area contributed by atoms with Gasteiger partial charge in [-0.3, -0.25) is 14.7 Å². The zero-order chi connectivity index (χ0) is 21.5. The van der Waals surface area contributed by atoms with Crippen molar-refractivity contribution >= 4 is 35.8 Å². The molecule has 8 heteroatoms. The monoisotopic (exact) mass is 555 g/mol. The number of hydrogen-bond acceptors (Lipinski definition) is 4. The maximum absolute atomic E-state index is 12.6. The lowest BCUT2D eigenvalue weighted by molar-refractivity contribution is -0.142. The van der Waals surface area contributed by atoms with Crippen molar-refractivity contribution in [1.29, 1.82) is 0 Å². The van der Waals surface area contributed by atoms with Gasteiger partial charge in [0, 0.05) is 51.9 Å². The molecule has 3 heterocycles. The standard InChI is InChI=1S/C24H37N5O2.HI/c1-2-25-24(28-15-13-27(14-16-28)23(30)22-11-7-17-31-22)26-18-21-10-6-12-29(21)19-20-8-4-3-5-9-20;/h3-5,8-9,21-22H,2,6-7,10-19H2,1H3,(H,25,26);1H. The summed E-state index contributed by atoms with van der Waals surface area (Å²) in [6.07, 6.45) is 4.10. The average molecular weight is 556 g/mol. The average Bonchev–Trinajstić information content (AvgIpc) is 3.50. The Hall–Kier alpha value is -1.39. The van der Waals surface area contributed by atoms with Crippen molar-refractivity contribution in [2.45, 2.75) is 51.3 Å². The van der Waals surface area contributed by atoms with E-state index in [0.29, 0.717) is 6.04 Å². The normalized spacial score (nSPS) is 24.5. The number of ether oxygens (including phenoxy) is 1. The highest BCUT2D eigenvalue weighted by Crippen LogP contribution is 2.21. The van der Waals surface area contributed by atoms with E-state index in [-0.39, 0.29) is 36.0 Å². The lowest BCUT2D eigenvalue weighted by atomic mass is 10.2. The first-order valence-electron chi connectivity index (χ1n) is 12.0. The van der Waals surface area contributed by atoms with Gasteiger partial charge in [0.25, 0.3) is 5.91 Å². The number of nitrogens with one attached hydrogen (secondary N) is 1. The number of hydrogen-bond donors (Lipinski definition) is 1. The van der Waals surface area contributed by atoms with Gasteiger partial charge in [0.05, 0.1) is 6.54 Å². The number of aliphatic imine (C=N–C) groups is 1. The molecule has 178 valence electrons. The van der Waals surface area contributed by atoms with E-state index in [9.17, 15) is 4.79 Å². The Balaban J connectivity index is 0.00000289. The van der Waals surface area contributed by atoms with E-state index in [1.807, 2.05) is 4.90 Å². The van der Waals surface area contributed by atoms with Crippen molar-refractivity contribution in [3.63, 3.8) is 0 Å². The molecule has 2 atom stereocenters. The SMILES string of the molecule is CCNC(=NCC1CCCN1Cc1ccccc1)N1CCN(C(=O)C2CCCO2)CC1.I. The van der Waals surface area contributed by atoms with E-state index in [0.717, 1.165) is 77.8 Å². The van der Waals surface area contributed by atoms with Crippen molar-refractivity contribution in [3.05, 3.63) is 35.9 Å². The minimum Gasteiger partial charge on any atom is -0.368 e. The highest BCUT2D eigenvalue weighted by Gasteiger charge is 2.31. The van der Waals surface area contributed by atoms with Crippen molar-refractivity contribution in [1.82, 2.24) is 20.0 Å². The Morgan fingerprint density at radius 2 is 1.81 bits per heavy atom. The zero-order valence-electron chi connectivity index (χ0n) is 19.2. The molecule has 1 amide bonds. The number of piperazine rings is 1. The van der Waals surface area contributed by atoms with Crippen LogP contribution >= 0.6 is 24.0 Å². The highest BCUT2D eigenvalue weighted by atomic mass is 127. The van der Waals surface area contributed by atoms with Crippen LogP contribution in [0.5, 0.6) is 0 Å². The third-order valence-electron chi connectivity index (χ3n) is 6.61. The first-order valence-corrected chi connectivity index (χ1v) is 12.0. The van der Waals surface area contributed by atoms with Gasteiger partial charge >= 0.3 is 0 Å². The second kappa shape index (κ2) is 12.7. The summed E-state index contributed by atoms with van der Waals surface area (Å²) in [5, 5.41) is 3.47. The number of carbonyl (C=O) groups is 1. The van der Waals surface area contributed by atoms with Crippen LogP contribution in [0, 0.1) is 0 Å². The quantitative estimate of drug-likeness (QED) is 0.332. The lowest BCUT2D eigenvalue weighted by Gasteiger charge is -2.37. The van der Waals surface area contributed by atoms with Gasteiger partial charge in [0.15, 0.2) is 5.96 Å². The molecule has 0 saturated carbocycles. The van der Waals surface area contributed by atoms with Crippen LogP contribution in [-0.2, 0) is 16.1 Å². The Morgan fingerprint density at radius 3 is 2.50 bits per heavy atom. The van der Waals surface area contributed by atoms with Crippen molar-refractivity contribution in [3.8, 4) is 0 Å². The van der Waals surface area contributed by atoms with E-state index >= 15 is 0 Å². The predicted octanol–water partition coefficient (Wildman–Crippen LogP) is 2.56. The van der Waals surface area contributed by atoms with E-state index < -0.39 is 0 Å². The molecule has 2 unspecified atom stereocenters. The van der Waals surface area contributed by atoms with E-state index in [1.165, 1.54) is 18.4 Å². The molecule has 3 saturated heterocycles. The van der Waals surface area contributed by atoms with Crippen LogP contribution in [0.15, 0.2) is 35.3 Å². The number of nitrogens with zero attached hydrogens (tertiary/aromatic N) is 4. The molecular weight excluding hydrogens is 517 g/mol. The number of likely N-dealkylation sites (tertiary alicyclic amines) is 1. The van der Waals surface area contributed by atoms with Crippen LogP contribution in [0.4, 0.5) is 0 Å². The molecule has 4 rings (SSSR count). The van der Waals surface area contributed by atoms with Crippen LogP contribution in [-0.4, -0.2) is 91.1 Å². The molecule has 0 bridgehead atoms. The van der Waals surface area contributed by atoms with E-state index in [4.69, 9.17) is 9.73 Å². The second-order valence-corrected chi connectivity index (χ2v) is 8.76. The first kappa shape index (κ1) is 25.2. The van der Waals surface area contributed by atoms with Gasteiger partial charge in [-0.15, -0.1) is 24.0 Å². The summed E-state index contributed by atoms with van der Waals surface area (Å²) in [5.74, 6) is 1.15. The second-order valence-electron chi connectivity index (χ2n) is 8.76. The number of guanidine groups is 1. The maximum Gasteiger partial charge on any atom is 0.251 e. The minimum absolute atomic E-state index is 0. The summed E-state index contributed by atoms with van der Waals surface area (Å²) < 4.78 is 5.58. The number of halogens is 1.